The number of halogens is 3. The fourth-order valence-electron chi connectivity index (χ4n) is 3.27. The topological polar surface area (TPSA) is 105 Å². The molecule has 2 amide bonds. The molecule has 3 rings (SSSR count). The molecule has 2 aromatic rings. The van der Waals surface area contributed by atoms with Gasteiger partial charge in [0.1, 0.15) is 17.4 Å². The van der Waals surface area contributed by atoms with Gasteiger partial charge < -0.3 is 24.8 Å². The summed E-state index contributed by atoms with van der Waals surface area (Å²) in [5, 5.41) is 11.9. The summed E-state index contributed by atoms with van der Waals surface area (Å²) in [5.74, 6) is -2.12. The summed E-state index contributed by atoms with van der Waals surface area (Å²) in [6.07, 6.45) is -5.70. The van der Waals surface area contributed by atoms with Crippen molar-refractivity contribution >= 4 is 35.4 Å². The van der Waals surface area contributed by atoms with Gasteiger partial charge in [0.2, 0.25) is 0 Å². The summed E-state index contributed by atoms with van der Waals surface area (Å²) in [6, 6.07) is 8.32. The third-order valence-electron chi connectivity index (χ3n) is 4.63. The Balaban J connectivity index is 1.97. The highest BCUT2D eigenvalue weighted by Crippen LogP contribution is 2.36. The quantitative estimate of drug-likeness (QED) is 0.592. The second-order valence-electron chi connectivity index (χ2n) is 8.62. The van der Waals surface area contributed by atoms with Crippen molar-refractivity contribution in [2.24, 2.45) is 0 Å². The third-order valence-corrected chi connectivity index (χ3v) is 5.79. The number of carboxylic acids is 1. The monoisotopic (exact) mass is 512 g/mol. The number of nitrogens with zero attached hydrogens (tertiary/aromatic N) is 1. The second kappa shape index (κ2) is 10.1. The molecule has 1 aliphatic heterocycles. The Morgan fingerprint density at radius 2 is 1.89 bits per heavy atom. The SMILES string of the molecule is CC(C)(C)OC(=O)N[C@H]1CSc2ccc(C(=O)O)cc2N(Cc2cccc(OC(F)(F)F)c2)C1=O. The highest BCUT2D eigenvalue weighted by Gasteiger charge is 2.34. The van der Waals surface area contributed by atoms with Crippen LogP contribution in [0.25, 0.3) is 0 Å². The first-order valence-electron chi connectivity index (χ1n) is 10.4. The molecule has 2 aromatic carbocycles. The predicted molar refractivity (Wildman–Crippen MR) is 122 cm³/mol. The number of hydrogen-bond acceptors (Lipinski definition) is 6. The molecular weight excluding hydrogens is 489 g/mol. The van der Waals surface area contributed by atoms with E-state index >= 15 is 0 Å². The normalized spacial score (nSPS) is 16.2. The van der Waals surface area contributed by atoms with Crippen LogP contribution in [0.4, 0.5) is 23.7 Å². The number of anilines is 1. The van der Waals surface area contributed by atoms with Crippen LogP contribution in [-0.4, -0.2) is 46.8 Å². The number of alkyl halides is 3. The summed E-state index contributed by atoms with van der Waals surface area (Å²) >= 11 is 1.23. The van der Waals surface area contributed by atoms with Crippen LogP contribution in [-0.2, 0) is 16.1 Å². The van der Waals surface area contributed by atoms with Gasteiger partial charge in [-0.25, -0.2) is 9.59 Å². The molecule has 8 nitrogen and oxygen atoms in total. The maximum atomic E-state index is 13.5. The molecule has 0 fully saturated rings. The van der Waals surface area contributed by atoms with Gasteiger partial charge in [-0.15, -0.1) is 24.9 Å². The van der Waals surface area contributed by atoms with Gasteiger partial charge >= 0.3 is 18.4 Å². The van der Waals surface area contributed by atoms with E-state index in [9.17, 15) is 32.7 Å². The minimum atomic E-state index is -4.89. The van der Waals surface area contributed by atoms with Crippen molar-refractivity contribution in [2.75, 3.05) is 10.7 Å². The minimum absolute atomic E-state index is 0.0742. The number of carboxylic acid groups (broad SMARTS) is 1. The van der Waals surface area contributed by atoms with E-state index in [2.05, 4.69) is 10.1 Å². The smallest absolute Gasteiger partial charge is 0.478 e. The molecule has 1 atom stereocenters. The Labute approximate surface area is 203 Å². The first kappa shape index (κ1) is 26.2. The summed E-state index contributed by atoms with van der Waals surface area (Å²) < 4.78 is 47.2. The summed E-state index contributed by atoms with van der Waals surface area (Å²) in [5.41, 5.74) is -0.316. The largest absolute Gasteiger partial charge is 0.573 e. The molecule has 188 valence electrons. The van der Waals surface area contributed by atoms with Crippen molar-refractivity contribution in [2.45, 2.75) is 50.2 Å². The van der Waals surface area contributed by atoms with Gasteiger partial charge in [-0.1, -0.05) is 12.1 Å². The molecule has 0 bridgehead atoms. The average molecular weight is 513 g/mol. The fraction of sp³-hybridized carbons (Fsp3) is 0.348. The molecule has 0 aromatic heterocycles. The maximum absolute atomic E-state index is 13.5. The van der Waals surface area contributed by atoms with E-state index in [0.717, 1.165) is 12.1 Å². The standard InChI is InChI=1S/C23H23F3N2O6S/c1-22(2,3)34-21(32)27-16-12-35-18-8-7-14(20(30)31)10-17(18)28(19(16)29)11-13-5-4-6-15(9-13)33-23(24,25)26/h4-10,16H,11-12H2,1-3H3,(H,27,32)(H,30,31)/t16-/m0/s1. The van der Waals surface area contributed by atoms with Crippen LogP contribution in [0.1, 0.15) is 36.7 Å². The highest BCUT2D eigenvalue weighted by atomic mass is 32.2. The Morgan fingerprint density at radius 1 is 1.17 bits per heavy atom. The van der Waals surface area contributed by atoms with Gasteiger partial charge in [0.15, 0.2) is 0 Å². The molecule has 0 saturated heterocycles. The molecule has 12 heteroatoms. The number of rotatable bonds is 5. The number of aromatic carboxylic acids is 1. The minimum Gasteiger partial charge on any atom is -0.478 e. The van der Waals surface area contributed by atoms with Crippen LogP contribution in [0.3, 0.4) is 0 Å². The number of nitrogens with one attached hydrogen (secondary N) is 1. The molecule has 35 heavy (non-hydrogen) atoms. The third kappa shape index (κ3) is 7.28. The zero-order chi connectivity index (χ0) is 26.0. The van der Waals surface area contributed by atoms with Crippen LogP contribution >= 0.6 is 11.8 Å². The Hall–Kier alpha value is -3.41. The molecule has 0 spiro atoms. The number of benzene rings is 2. The van der Waals surface area contributed by atoms with Crippen LogP contribution < -0.4 is 15.0 Å². The van der Waals surface area contributed by atoms with E-state index in [4.69, 9.17) is 4.74 Å². The van der Waals surface area contributed by atoms with E-state index in [0.29, 0.717) is 10.5 Å². The number of amides is 2. The molecular formula is C23H23F3N2O6S. The van der Waals surface area contributed by atoms with Crippen LogP contribution in [0.15, 0.2) is 47.4 Å². The van der Waals surface area contributed by atoms with Crippen molar-refractivity contribution in [3.63, 3.8) is 0 Å². The Bertz CT molecular complexity index is 1130. The number of carbonyl (C=O) groups is 3. The number of ether oxygens (including phenoxy) is 2. The first-order chi connectivity index (χ1) is 16.2. The summed E-state index contributed by atoms with van der Waals surface area (Å²) in [4.78, 5) is 39.2. The van der Waals surface area contributed by atoms with Crippen LogP contribution in [0.2, 0.25) is 0 Å². The Kier molecular flexibility index (Phi) is 7.53. The van der Waals surface area contributed by atoms with Gasteiger partial charge in [0.25, 0.3) is 5.91 Å². The molecule has 1 aliphatic rings. The molecule has 0 aliphatic carbocycles. The summed E-state index contributed by atoms with van der Waals surface area (Å²) in [7, 11) is 0. The lowest BCUT2D eigenvalue weighted by atomic mass is 10.1. The van der Waals surface area contributed by atoms with Crippen molar-refractivity contribution in [3.05, 3.63) is 53.6 Å². The predicted octanol–water partition coefficient (Wildman–Crippen LogP) is 4.82. The molecule has 1 heterocycles. The number of fused-ring (bicyclic) bond motifs is 1. The highest BCUT2D eigenvalue weighted by molar-refractivity contribution is 7.99. The fourth-order valence-corrected chi connectivity index (χ4v) is 4.33. The van der Waals surface area contributed by atoms with Gasteiger partial charge in [0, 0.05) is 10.6 Å². The van der Waals surface area contributed by atoms with E-state index < -0.39 is 41.7 Å². The lowest BCUT2D eigenvalue weighted by molar-refractivity contribution is -0.274. The van der Waals surface area contributed by atoms with E-state index in [-0.39, 0.29) is 23.5 Å². The van der Waals surface area contributed by atoms with Crippen molar-refractivity contribution in [3.8, 4) is 5.75 Å². The molecule has 0 radical (unpaired) electrons. The second-order valence-corrected chi connectivity index (χ2v) is 9.68. The zero-order valence-corrected chi connectivity index (χ0v) is 19.8. The van der Waals surface area contributed by atoms with E-state index in [1.807, 2.05) is 0 Å². The number of hydrogen-bond donors (Lipinski definition) is 2. The maximum Gasteiger partial charge on any atom is 0.573 e. The first-order valence-corrected chi connectivity index (χ1v) is 11.4. The van der Waals surface area contributed by atoms with Gasteiger partial charge in [-0.3, -0.25) is 4.79 Å². The van der Waals surface area contributed by atoms with Gasteiger partial charge in [-0.05, 0) is 56.7 Å². The average Bonchev–Trinajstić information content (AvgIpc) is 2.83. The lowest BCUT2D eigenvalue weighted by Gasteiger charge is -2.27. The molecule has 2 N–H and O–H groups in total. The Morgan fingerprint density at radius 3 is 2.51 bits per heavy atom. The van der Waals surface area contributed by atoms with Crippen molar-refractivity contribution in [1.29, 1.82) is 0 Å². The van der Waals surface area contributed by atoms with Crippen molar-refractivity contribution in [1.82, 2.24) is 5.32 Å². The number of thioether (sulfide) groups is 1. The van der Waals surface area contributed by atoms with E-state index in [1.165, 1.54) is 40.9 Å². The van der Waals surface area contributed by atoms with Crippen molar-refractivity contribution < 1.29 is 42.1 Å². The molecule has 0 unspecified atom stereocenters. The lowest BCUT2D eigenvalue weighted by Crippen LogP contribution is -2.50. The molecule has 0 saturated carbocycles. The van der Waals surface area contributed by atoms with Gasteiger partial charge in [-0.2, -0.15) is 0 Å². The van der Waals surface area contributed by atoms with Crippen LogP contribution in [0, 0.1) is 0 Å². The van der Waals surface area contributed by atoms with E-state index in [1.54, 1.807) is 26.8 Å². The number of alkyl carbamates (subject to hydrolysis) is 1. The summed E-state index contributed by atoms with van der Waals surface area (Å²) in [6.45, 7) is 4.81. The number of carbonyl (C=O) groups excluding carboxylic acids is 2. The zero-order valence-electron chi connectivity index (χ0n) is 19.0. The van der Waals surface area contributed by atoms with Crippen LogP contribution in [0.5, 0.6) is 5.75 Å². The van der Waals surface area contributed by atoms with Gasteiger partial charge in [0.05, 0.1) is 17.8 Å².